The van der Waals surface area contributed by atoms with E-state index < -0.39 is 0 Å². The Labute approximate surface area is 174 Å². The van der Waals surface area contributed by atoms with Crippen LogP contribution in [0.1, 0.15) is 105 Å². The number of hydrogen-bond acceptors (Lipinski definition) is 1. The van der Waals surface area contributed by atoms with E-state index in [4.69, 9.17) is 0 Å². The highest BCUT2D eigenvalue weighted by Crippen LogP contribution is 2.66. The Balaban J connectivity index is 1.50. The Hall–Kier alpha value is -0.300. The second kappa shape index (κ2) is 7.75. The maximum absolute atomic E-state index is 10.2. The summed E-state index contributed by atoms with van der Waals surface area (Å²) in [5.41, 5.74) is 2.89. The highest BCUT2D eigenvalue weighted by Gasteiger charge is 2.58. The van der Waals surface area contributed by atoms with E-state index in [1.807, 2.05) is 5.57 Å². The van der Waals surface area contributed by atoms with Crippen molar-refractivity contribution < 1.29 is 5.11 Å². The van der Waals surface area contributed by atoms with Gasteiger partial charge in [0, 0.05) is 0 Å². The molecule has 0 amide bonds. The molecule has 8 atom stereocenters. The van der Waals surface area contributed by atoms with Crippen LogP contribution in [0.4, 0.5) is 0 Å². The summed E-state index contributed by atoms with van der Waals surface area (Å²) in [6, 6.07) is 0. The normalized spacial score (nSPS) is 46.5. The third-order valence-electron chi connectivity index (χ3n) is 10.3. The minimum Gasteiger partial charge on any atom is -0.393 e. The summed E-state index contributed by atoms with van der Waals surface area (Å²) in [6.07, 6.45) is 17.2. The third-order valence-corrected chi connectivity index (χ3v) is 10.3. The Morgan fingerprint density at radius 2 is 1.68 bits per heavy atom. The van der Waals surface area contributed by atoms with Gasteiger partial charge in [0.25, 0.3) is 0 Å². The molecule has 4 aliphatic rings. The molecule has 0 aromatic rings. The lowest BCUT2D eigenvalue weighted by Gasteiger charge is -2.57. The molecule has 0 aromatic heterocycles. The average Bonchev–Trinajstić information content (AvgIpc) is 2.99. The molecule has 0 saturated heterocycles. The summed E-state index contributed by atoms with van der Waals surface area (Å²) in [7, 11) is 0. The van der Waals surface area contributed by atoms with Gasteiger partial charge in [-0.3, -0.25) is 0 Å². The lowest BCUT2D eigenvalue weighted by molar-refractivity contribution is -0.0427. The maximum atomic E-state index is 10.2. The van der Waals surface area contributed by atoms with Gasteiger partial charge in [-0.25, -0.2) is 0 Å². The molecule has 0 heterocycles. The lowest BCUT2D eigenvalue weighted by atomic mass is 9.47. The average molecular weight is 387 g/mol. The predicted molar refractivity (Wildman–Crippen MR) is 119 cm³/mol. The van der Waals surface area contributed by atoms with Gasteiger partial charge in [0.2, 0.25) is 0 Å². The van der Waals surface area contributed by atoms with Crippen LogP contribution in [0.5, 0.6) is 0 Å². The highest BCUT2D eigenvalue weighted by molar-refractivity contribution is 5.27. The summed E-state index contributed by atoms with van der Waals surface area (Å²) in [6.45, 7) is 12.6. The fourth-order valence-corrected chi connectivity index (χ4v) is 8.51. The highest BCUT2D eigenvalue weighted by atomic mass is 16.3. The van der Waals surface area contributed by atoms with Crippen molar-refractivity contribution in [3.05, 3.63) is 11.6 Å². The van der Waals surface area contributed by atoms with Crippen molar-refractivity contribution in [1.29, 1.82) is 0 Å². The van der Waals surface area contributed by atoms with Gasteiger partial charge in [-0.15, -0.1) is 0 Å². The van der Waals surface area contributed by atoms with Gasteiger partial charge in [0.15, 0.2) is 0 Å². The van der Waals surface area contributed by atoms with Gasteiger partial charge in [-0.1, -0.05) is 65.5 Å². The summed E-state index contributed by atoms with van der Waals surface area (Å²) in [5, 5.41) is 10.2. The molecule has 0 aliphatic heterocycles. The molecule has 1 nitrogen and oxygen atoms in total. The fourth-order valence-electron chi connectivity index (χ4n) is 8.51. The molecule has 4 rings (SSSR count). The zero-order chi connectivity index (χ0) is 20.1. The second-order valence-corrected chi connectivity index (χ2v) is 12.2. The van der Waals surface area contributed by atoms with Gasteiger partial charge < -0.3 is 5.11 Å². The standard InChI is InChI=1S/C27H46O/c1-18(2)7-6-8-19(3)23-11-12-24-22-10-9-20-17-21(28)13-15-26(20,4)25(22)14-16-27(23,24)5/h10,18-21,23-25,28H,6-9,11-17H2,1-5H3/t19-,20-,21+,23-,24+,25+,26+,27-/m0/s1. The molecule has 0 unspecified atom stereocenters. The SMILES string of the molecule is CC(C)CCC[C@H](C)[C@@H]1CC[C@@H]2C3=CC[C@H]4C[C@H](O)CC[C@@]4(C)[C@@H]3CC[C@]21C. The Bertz CT molecular complexity index is 591. The van der Waals surface area contributed by atoms with Crippen molar-refractivity contribution in [2.75, 3.05) is 0 Å². The molecule has 1 heteroatoms. The minimum absolute atomic E-state index is 0.0376. The topological polar surface area (TPSA) is 20.2 Å². The molecule has 0 aromatic carbocycles. The number of aliphatic hydroxyl groups excluding tert-OH is 1. The van der Waals surface area contributed by atoms with E-state index >= 15 is 0 Å². The first-order chi connectivity index (χ1) is 13.3. The van der Waals surface area contributed by atoms with Crippen molar-refractivity contribution in [1.82, 2.24) is 0 Å². The van der Waals surface area contributed by atoms with E-state index in [0.717, 1.165) is 48.3 Å². The van der Waals surface area contributed by atoms with Crippen molar-refractivity contribution in [3.63, 3.8) is 0 Å². The van der Waals surface area contributed by atoms with Crippen LogP contribution < -0.4 is 0 Å². The van der Waals surface area contributed by atoms with Gasteiger partial charge in [0.05, 0.1) is 6.10 Å². The van der Waals surface area contributed by atoms with E-state index in [2.05, 4.69) is 40.7 Å². The molecule has 3 saturated carbocycles. The Morgan fingerprint density at radius 3 is 2.43 bits per heavy atom. The van der Waals surface area contributed by atoms with Crippen molar-refractivity contribution >= 4 is 0 Å². The summed E-state index contributed by atoms with van der Waals surface area (Å²) >= 11 is 0. The second-order valence-electron chi connectivity index (χ2n) is 12.2. The van der Waals surface area contributed by atoms with Gasteiger partial charge in [-0.05, 0) is 97.7 Å². The number of fused-ring (bicyclic) bond motifs is 5. The van der Waals surface area contributed by atoms with Crippen molar-refractivity contribution in [2.45, 2.75) is 111 Å². The zero-order valence-electron chi connectivity index (χ0n) is 19.3. The summed E-state index contributed by atoms with van der Waals surface area (Å²) in [5.74, 6) is 5.07. The van der Waals surface area contributed by atoms with Gasteiger partial charge in [0.1, 0.15) is 0 Å². The Kier molecular flexibility index (Phi) is 5.80. The van der Waals surface area contributed by atoms with Crippen LogP contribution >= 0.6 is 0 Å². The number of rotatable bonds is 5. The summed E-state index contributed by atoms with van der Waals surface area (Å²) < 4.78 is 0. The molecule has 3 fully saturated rings. The number of allylic oxidation sites excluding steroid dienone is 2. The van der Waals surface area contributed by atoms with E-state index in [-0.39, 0.29) is 6.10 Å². The van der Waals surface area contributed by atoms with Crippen LogP contribution in [0.15, 0.2) is 11.6 Å². The molecule has 0 bridgehead atoms. The van der Waals surface area contributed by atoms with E-state index in [9.17, 15) is 5.11 Å². The summed E-state index contributed by atoms with van der Waals surface area (Å²) in [4.78, 5) is 0. The number of hydrogen-bond donors (Lipinski definition) is 1. The molecule has 1 N–H and O–H groups in total. The van der Waals surface area contributed by atoms with Crippen LogP contribution in [0.3, 0.4) is 0 Å². The largest absolute Gasteiger partial charge is 0.393 e. The lowest BCUT2D eigenvalue weighted by Crippen LogP contribution is -2.49. The molecular weight excluding hydrogens is 340 g/mol. The monoisotopic (exact) mass is 386 g/mol. The molecule has 4 aliphatic carbocycles. The smallest absolute Gasteiger partial charge is 0.0543 e. The first-order valence-electron chi connectivity index (χ1n) is 12.6. The molecular formula is C27H46O. The first-order valence-corrected chi connectivity index (χ1v) is 12.6. The molecule has 160 valence electrons. The minimum atomic E-state index is -0.0376. The van der Waals surface area contributed by atoms with Gasteiger partial charge in [-0.2, -0.15) is 0 Å². The Morgan fingerprint density at radius 1 is 0.964 bits per heavy atom. The quantitative estimate of drug-likeness (QED) is 0.488. The van der Waals surface area contributed by atoms with Gasteiger partial charge >= 0.3 is 0 Å². The molecule has 0 radical (unpaired) electrons. The van der Waals surface area contributed by atoms with Crippen molar-refractivity contribution in [3.8, 4) is 0 Å². The van der Waals surface area contributed by atoms with Crippen LogP contribution in [0.2, 0.25) is 0 Å². The van der Waals surface area contributed by atoms with E-state index in [1.165, 1.54) is 57.8 Å². The molecule has 0 spiro atoms. The third kappa shape index (κ3) is 3.42. The van der Waals surface area contributed by atoms with Crippen LogP contribution in [-0.4, -0.2) is 11.2 Å². The van der Waals surface area contributed by atoms with Crippen LogP contribution in [-0.2, 0) is 0 Å². The molecule has 28 heavy (non-hydrogen) atoms. The fraction of sp³-hybridized carbons (Fsp3) is 0.926. The van der Waals surface area contributed by atoms with E-state index in [1.54, 1.807) is 0 Å². The maximum Gasteiger partial charge on any atom is 0.0543 e. The van der Waals surface area contributed by atoms with Crippen LogP contribution in [0, 0.1) is 46.3 Å². The van der Waals surface area contributed by atoms with E-state index in [0.29, 0.717) is 10.8 Å². The first kappa shape index (κ1) is 21.0. The van der Waals surface area contributed by atoms with Crippen LogP contribution in [0.25, 0.3) is 0 Å². The zero-order valence-corrected chi connectivity index (χ0v) is 19.3. The number of aliphatic hydroxyl groups is 1. The van der Waals surface area contributed by atoms with Crippen molar-refractivity contribution in [2.24, 2.45) is 46.3 Å². The predicted octanol–water partition coefficient (Wildman–Crippen LogP) is 7.39.